The third kappa shape index (κ3) is 4.98. The van der Waals surface area contributed by atoms with E-state index in [1.54, 1.807) is 0 Å². The molecule has 0 aromatic carbocycles. The second-order valence-electron chi connectivity index (χ2n) is 6.15. The van der Waals surface area contributed by atoms with Gasteiger partial charge in [0.2, 0.25) is 0 Å². The molecule has 2 N–H and O–H groups in total. The minimum absolute atomic E-state index is 0.0254. The van der Waals surface area contributed by atoms with Crippen LogP contribution in [0, 0.1) is 11.8 Å². The van der Waals surface area contributed by atoms with E-state index < -0.39 is 17.1 Å². The molecule has 0 aromatic heterocycles. The molecule has 0 amide bonds. The highest BCUT2D eigenvalue weighted by molar-refractivity contribution is 7.91. The maximum absolute atomic E-state index is 11.9. The molecule has 6 heteroatoms. The molecule has 2 saturated heterocycles. The number of carbonyl (C=O) groups is 1. The predicted molar refractivity (Wildman–Crippen MR) is 85.1 cm³/mol. The number of aliphatic hydroxyl groups is 1. The third-order valence-corrected chi connectivity index (χ3v) is 6.02. The van der Waals surface area contributed by atoms with E-state index in [0.717, 1.165) is 25.7 Å². The van der Waals surface area contributed by atoms with Gasteiger partial charge in [-0.1, -0.05) is 23.3 Å². The van der Waals surface area contributed by atoms with Gasteiger partial charge >= 0.3 is 5.97 Å². The van der Waals surface area contributed by atoms with Crippen LogP contribution in [0.5, 0.6) is 0 Å². The lowest BCUT2D eigenvalue weighted by molar-refractivity contribution is -0.137. The number of rotatable bonds is 10. The Balaban J connectivity index is 1.77. The highest BCUT2D eigenvalue weighted by Gasteiger charge is 2.49. The Kier molecular flexibility index (Phi) is 7.21. The zero-order valence-electron chi connectivity index (χ0n) is 12.9. The quantitative estimate of drug-likeness (QED) is 0.362. The molecule has 2 aliphatic heterocycles. The average Bonchev–Trinajstić information content (AvgIpc) is 3.05. The molecule has 2 fully saturated rings. The van der Waals surface area contributed by atoms with Crippen LogP contribution in [-0.2, 0) is 20.7 Å². The van der Waals surface area contributed by atoms with E-state index in [1.165, 1.54) is 0 Å². The summed E-state index contributed by atoms with van der Waals surface area (Å²) in [7, 11) is 0. The van der Waals surface area contributed by atoms with Crippen molar-refractivity contribution in [2.45, 2.75) is 50.7 Å². The van der Waals surface area contributed by atoms with Gasteiger partial charge in [0.15, 0.2) is 0 Å². The van der Waals surface area contributed by atoms with Gasteiger partial charge in [-0.25, -0.2) is 0 Å². The minimum atomic E-state index is -0.967. The number of hydrogen-bond acceptors (Lipinski definition) is 4. The molecule has 2 heterocycles. The molecule has 2 rings (SSSR count). The van der Waals surface area contributed by atoms with Crippen LogP contribution in [0.25, 0.3) is 0 Å². The number of allylic oxidation sites excluding steroid dienone is 2. The van der Waals surface area contributed by atoms with Crippen molar-refractivity contribution in [3.8, 4) is 0 Å². The predicted octanol–water partition coefficient (Wildman–Crippen LogP) is 1.72. The minimum Gasteiger partial charge on any atom is -0.616 e. The number of carboxylic acids is 1. The van der Waals surface area contributed by atoms with E-state index in [0.29, 0.717) is 29.8 Å². The molecule has 0 aliphatic carbocycles. The summed E-state index contributed by atoms with van der Waals surface area (Å²) in [6, 6.07) is 0. The zero-order chi connectivity index (χ0) is 15.9. The van der Waals surface area contributed by atoms with Crippen LogP contribution in [0.3, 0.4) is 0 Å². The van der Waals surface area contributed by atoms with Crippen molar-refractivity contribution < 1.29 is 24.3 Å². The number of fused-ring (bicyclic) bond motifs is 2. The molecule has 22 heavy (non-hydrogen) atoms. The van der Waals surface area contributed by atoms with E-state index in [4.69, 9.17) is 14.9 Å². The third-order valence-electron chi connectivity index (χ3n) is 4.62. The first-order chi connectivity index (χ1) is 10.6. The Hall–Kier alpha value is -0.560. The molecule has 5 atom stereocenters. The molecule has 2 aliphatic rings. The molecule has 0 aromatic rings. The van der Waals surface area contributed by atoms with E-state index in [-0.39, 0.29) is 25.2 Å². The number of aliphatic carboxylic acids is 1. The number of ether oxygens (including phenoxy) is 1. The summed E-state index contributed by atoms with van der Waals surface area (Å²) in [6.45, 7) is -0.0254. The van der Waals surface area contributed by atoms with Crippen molar-refractivity contribution in [1.82, 2.24) is 0 Å². The summed E-state index contributed by atoms with van der Waals surface area (Å²) >= 11 is -0.967. The van der Waals surface area contributed by atoms with Crippen molar-refractivity contribution in [3.63, 3.8) is 0 Å². The number of carboxylic acid groups (broad SMARTS) is 1. The molecular formula is C16H26O5S. The van der Waals surface area contributed by atoms with Gasteiger partial charge in [0.1, 0.15) is 11.5 Å². The molecule has 2 bridgehead atoms. The fraction of sp³-hybridized carbons (Fsp3) is 0.812. The Labute approximate surface area is 134 Å². The van der Waals surface area contributed by atoms with E-state index >= 15 is 0 Å². The fourth-order valence-electron chi connectivity index (χ4n) is 3.57. The lowest BCUT2D eigenvalue weighted by atomic mass is 9.78. The van der Waals surface area contributed by atoms with Crippen LogP contribution in [-0.4, -0.2) is 51.1 Å². The summed E-state index contributed by atoms with van der Waals surface area (Å²) in [6.07, 6.45) is 9.42. The van der Waals surface area contributed by atoms with Crippen LogP contribution in [0.1, 0.15) is 38.5 Å². The maximum Gasteiger partial charge on any atom is 0.303 e. The molecular weight excluding hydrogens is 304 g/mol. The summed E-state index contributed by atoms with van der Waals surface area (Å²) in [5.41, 5.74) is 0. The van der Waals surface area contributed by atoms with Crippen molar-refractivity contribution in [3.05, 3.63) is 12.2 Å². The van der Waals surface area contributed by atoms with Crippen molar-refractivity contribution >= 4 is 17.1 Å². The second kappa shape index (κ2) is 8.91. The van der Waals surface area contributed by atoms with Gasteiger partial charge in [0, 0.05) is 12.3 Å². The summed E-state index contributed by atoms with van der Waals surface area (Å²) in [4.78, 5) is 10.4. The molecule has 0 radical (unpaired) electrons. The highest BCUT2D eigenvalue weighted by Crippen LogP contribution is 2.45. The summed E-state index contributed by atoms with van der Waals surface area (Å²) in [5, 5.41) is 17.5. The van der Waals surface area contributed by atoms with Gasteiger partial charge in [-0.3, -0.25) is 4.79 Å². The molecule has 5 nitrogen and oxygen atoms in total. The first-order valence-corrected chi connectivity index (χ1v) is 9.58. The average molecular weight is 330 g/mol. The van der Waals surface area contributed by atoms with Gasteiger partial charge < -0.3 is 19.5 Å². The van der Waals surface area contributed by atoms with Crippen LogP contribution >= 0.6 is 0 Å². The number of aliphatic hydroxyl groups excluding tert-OH is 1. The lowest BCUT2D eigenvalue weighted by Crippen LogP contribution is -2.33. The smallest absolute Gasteiger partial charge is 0.303 e. The lowest BCUT2D eigenvalue weighted by Gasteiger charge is -2.27. The van der Waals surface area contributed by atoms with E-state index in [9.17, 15) is 9.35 Å². The largest absolute Gasteiger partial charge is 0.616 e. The second-order valence-corrected chi connectivity index (χ2v) is 7.77. The maximum atomic E-state index is 11.9. The van der Waals surface area contributed by atoms with E-state index in [2.05, 4.69) is 12.2 Å². The summed E-state index contributed by atoms with van der Waals surface area (Å²) < 4.78 is 17.9. The van der Waals surface area contributed by atoms with Gasteiger partial charge in [-0.15, -0.1) is 0 Å². The summed E-state index contributed by atoms with van der Waals surface area (Å²) in [5.74, 6) is 0.971. The molecule has 0 spiro atoms. The number of unbranched alkanes of at least 4 members (excludes halogenated alkanes) is 1. The number of hydrogen-bond donors (Lipinski definition) is 2. The Morgan fingerprint density at radius 3 is 2.68 bits per heavy atom. The topological polar surface area (TPSA) is 89.8 Å². The molecule has 0 saturated carbocycles. The van der Waals surface area contributed by atoms with Crippen molar-refractivity contribution in [2.24, 2.45) is 11.8 Å². The zero-order valence-corrected chi connectivity index (χ0v) is 13.7. The van der Waals surface area contributed by atoms with Gasteiger partial charge in [-0.2, -0.15) is 0 Å². The standard InChI is InChI=1S/C16H26O5S/c17-9-10-22(20)11-13-12(14-7-8-15(13)21-14)5-3-1-2-4-6-16(18)19/h1,3,12-15,17H,2,4-11H2,(H,18,19)/b3-1-/t12-,13+,14-,15+,22?/m1/s1. The van der Waals surface area contributed by atoms with Crippen LogP contribution in [0.2, 0.25) is 0 Å². The van der Waals surface area contributed by atoms with Crippen molar-refractivity contribution in [2.75, 3.05) is 18.1 Å². The first-order valence-electron chi connectivity index (χ1n) is 8.10. The SMILES string of the molecule is O=C(O)CCC/C=C\C[C@@H]1[C@H](C[S+]([O-])CCO)[C@@H]2CC[C@H]1O2. The van der Waals surface area contributed by atoms with Gasteiger partial charge in [0.25, 0.3) is 0 Å². The van der Waals surface area contributed by atoms with E-state index in [1.807, 2.05) is 0 Å². The van der Waals surface area contributed by atoms with Crippen molar-refractivity contribution in [1.29, 1.82) is 0 Å². The fourth-order valence-corrected chi connectivity index (χ4v) is 4.83. The van der Waals surface area contributed by atoms with Crippen LogP contribution < -0.4 is 0 Å². The van der Waals surface area contributed by atoms with Crippen LogP contribution in [0.4, 0.5) is 0 Å². The monoisotopic (exact) mass is 330 g/mol. The first kappa shape index (κ1) is 17.8. The Bertz CT molecular complexity index is 387. The Morgan fingerprint density at radius 1 is 1.27 bits per heavy atom. The molecule has 1 unspecified atom stereocenters. The molecule has 126 valence electrons. The Morgan fingerprint density at radius 2 is 2.00 bits per heavy atom. The van der Waals surface area contributed by atoms with Gasteiger partial charge in [0.05, 0.1) is 18.8 Å². The normalized spacial score (nSPS) is 31.9. The highest BCUT2D eigenvalue weighted by atomic mass is 32.2. The van der Waals surface area contributed by atoms with Gasteiger partial charge in [-0.05, 0) is 38.0 Å². The van der Waals surface area contributed by atoms with Crippen LogP contribution in [0.15, 0.2) is 12.2 Å².